The highest BCUT2D eigenvalue weighted by molar-refractivity contribution is 9.10. The molecule has 0 aliphatic carbocycles. The number of nitrogens with one attached hydrogen (secondary N) is 2. The fraction of sp³-hybridized carbons (Fsp3) is 0.273. The van der Waals surface area contributed by atoms with E-state index in [1.165, 1.54) is 0 Å². The van der Waals surface area contributed by atoms with Crippen molar-refractivity contribution in [1.29, 1.82) is 0 Å². The van der Waals surface area contributed by atoms with Crippen LogP contribution in [0.2, 0.25) is 0 Å². The number of hydrogen-bond donors (Lipinski definition) is 4. The van der Waals surface area contributed by atoms with Crippen LogP contribution in [0.15, 0.2) is 22.7 Å². The molecule has 0 saturated heterocycles. The van der Waals surface area contributed by atoms with E-state index in [0.717, 1.165) is 5.56 Å². The first kappa shape index (κ1) is 14.5. The van der Waals surface area contributed by atoms with E-state index in [4.69, 9.17) is 10.2 Å². The Morgan fingerprint density at radius 1 is 1.44 bits per heavy atom. The van der Waals surface area contributed by atoms with Crippen LogP contribution in [0.3, 0.4) is 0 Å². The summed E-state index contributed by atoms with van der Waals surface area (Å²) in [5, 5.41) is 22.1. The Bertz CT molecular complexity index is 464. The molecule has 0 bridgehead atoms. The zero-order chi connectivity index (χ0) is 13.7. The molecule has 0 aromatic heterocycles. The van der Waals surface area contributed by atoms with Crippen molar-refractivity contribution in [2.24, 2.45) is 0 Å². The maximum absolute atomic E-state index is 11.5. The minimum Gasteiger partial charge on any atom is -0.480 e. The summed E-state index contributed by atoms with van der Waals surface area (Å²) in [6.07, 6.45) is 0. The highest BCUT2D eigenvalue weighted by atomic mass is 79.9. The van der Waals surface area contributed by atoms with E-state index in [-0.39, 0.29) is 0 Å². The van der Waals surface area contributed by atoms with E-state index in [0.29, 0.717) is 10.2 Å². The molecule has 0 aliphatic heterocycles. The van der Waals surface area contributed by atoms with E-state index >= 15 is 0 Å². The second-order valence-corrected chi connectivity index (χ2v) is 4.51. The number of benzene rings is 1. The number of aryl methyl sites for hydroxylation is 1. The third kappa shape index (κ3) is 4.01. The van der Waals surface area contributed by atoms with Crippen molar-refractivity contribution in [3.8, 4) is 0 Å². The van der Waals surface area contributed by atoms with Gasteiger partial charge in [-0.1, -0.05) is 6.07 Å². The monoisotopic (exact) mass is 316 g/mol. The number of aliphatic hydroxyl groups excluding tert-OH is 1. The lowest BCUT2D eigenvalue weighted by atomic mass is 10.2. The zero-order valence-corrected chi connectivity index (χ0v) is 11.2. The zero-order valence-electron chi connectivity index (χ0n) is 9.61. The summed E-state index contributed by atoms with van der Waals surface area (Å²) in [6.45, 7) is 1.23. The molecule has 4 N–H and O–H groups in total. The Kier molecular flexibility index (Phi) is 5.11. The van der Waals surface area contributed by atoms with Crippen LogP contribution in [0.4, 0.5) is 10.5 Å². The van der Waals surface area contributed by atoms with Gasteiger partial charge in [0, 0.05) is 4.47 Å². The van der Waals surface area contributed by atoms with Crippen LogP contribution in [0.1, 0.15) is 5.56 Å². The molecule has 18 heavy (non-hydrogen) atoms. The van der Waals surface area contributed by atoms with Crippen LogP contribution in [0.25, 0.3) is 0 Å². The standard InChI is InChI=1S/C11H13BrN2O4/c1-6-2-3-8(7(12)4-6)13-11(18)14-9(5-15)10(16)17/h2-4,9,15H,5H2,1H3,(H,16,17)(H2,13,14,18)/t9-/m1/s1. The van der Waals surface area contributed by atoms with Gasteiger partial charge in [0.05, 0.1) is 12.3 Å². The SMILES string of the molecule is Cc1ccc(NC(=O)N[C@H](CO)C(=O)O)c(Br)c1. The molecule has 0 unspecified atom stereocenters. The number of hydrogen-bond acceptors (Lipinski definition) is 3. The van der Waals surface area contributed by atoms with Crippen molar-refractivity contribution in [2.45, 2.75) is 13.0 Å². The third-order valence-electron chi connectivity index (χ3n) is 2.16. The van der Waals surface area contributed by atoms with E-state index in [2.05, 4.69) is 26.6 Å². The number of amides is 2. The van der Waals surface area contributed by atoms with Crippen molar-refractivity contribution >= 4 is 33.6 Å². The largest absolute Gasteiger partial charge is 0.480 e. The predicted molar refractivity (Wildman–Crippen MR) is 69.5 cm³/mol. The van der Waals surface area contributed by atoms with Gasteiger partial charge in [0.15, 0.2) is 6.04 Å². The van der Waals surface area contributed by atoms with Gasteiger partial charge in [0.1, 0.15) is 0 Å². The Labute approximate surface area is 112 Å². The molecule has 1 aromatic rings. The van der Waals surface area contributed by atoms with Gasteiger partial charge >= 0.3 is 12.0 Å². The molecule has 1 aromatic carbocycles. The van der Waals surface area contributed by atoms with Gasteiger partial charge in [-0.15, -0.1) is 0 Å². The third-order valence-corrected chi connectivity index (χ3v) is 2.81. The van der Waals surface area contributed by atoms with Crippen molar-refractivity contribution in [3.63, 3.8) is 0 Å². The minimum absolute atomic E-state index is 0.514. The Morgan fingerprint density at radius 2 is 2.11 bits per heavy atom. The van der Waals surface area contributed by atoms with Crippen LogP contribution in [0.5, 0.6) is 0 Å². The number of aliphatic carboxylic acids is 1. The summed E-state index contributed by atoms with van der Waals surface area (Å²) in [4.78, 5) is 22.1. The molecule has 1 rings (SSSR count). The summed E-state index contributed by atoms with van der Waals surface area (Å²) < 4.78 is 0.688. The second kappa shape index (κ2) is 6.36. The van der Waals surface area contributed by atoms with Gasteiger partial charge in [-0.2, -0.15) is 0 Å². The summed E-state index contributed by atoms with van der Waals surface area (Å²) in [5.74, 6) is -1.30. The number of rotatable bonds is 4. The molecule has 0 radical (unpaired) electrons. The van der Waals surface area contributed by atoms with Gasteiger partial charge in [0.25, 0.3) is 0 Å². The van der Waals surface area contributed by atoms with Crippen molar-refractivity contribution in [1.82, 2.24) is 5.32 Å². The number of carbonyl (C=O) groups excluding carboxylic acids is 1. The summed E-state index contributed by atoms with van der Waals surface area (Å²) >= 11 is 3.28. The molecular weight excluding hydrogens is 304 g/mol. The predicted octanol–water partition coefficient (Wildman–Crippen LogP) is 1.32. The smallest absolute Gasteiger partial charge is 0.328 e. The number of aliphatic hydroxyl groups is 1. The van der Waals surface area contributed by atoms with Gasteiger partial charge < -0.3 is 20.8 Å². The topological polar surface area (TPSA) is 98.7 Å². The van der Waals surface area contributed by atoms with Crippen LogP contribution in [-0.4, -0.2) is 34.9 Å². The highest BCUT2D eigenvalue weighted by Gasteiger charge is 2.18. The molecule has 2 amide bonds. The first-order valence-corrected chi connectivity index (χ1v) is 5.90. The summed E-state index contributed by atoms with van der Waals surface area (Å²) in [5.41, 5.74) is 1.53. The lowest BCUT2D eigenvalue weighted by Gasteiger charge is -2.13. The maximum Gasteiger partial charge on any atom is 0.328 e. The number of halogens is 1. The van der Waals surface area contributed by atoms with Crippen LogP contribution in [0, 0.1) is 6.92 Å². The fourth-order valence-corrected chi connectivity index (χ4v) is 1.82. The number of carboxylic acids is 1. The second-order valence-electron chi connectivity index (χ2n) is 3.66. The lowest BCUT2D eigenvalue weighted by molar-refractivity contribution is -0.140. The molecule has 0 spiro atoms. The van der Waals surface area contributed by atoms with E-state index < -0.39 is 24.6 Å². The Hall–Kier alpha value is -1.60. The van der Waals surface area contributed by atoms with Gasteiger partial charge in [-0.3, -0.25) is 0 Å². The van der Waals surface area contributed by atoms with Crippen LogP contribution >= 0.6 is 15.9 Å². The molecule has 0 fully saturated rings. The van der Waals surface area contributed by atoms with Gasteiger partial charge in [-0.05, 0) is 40.5 Å². The number of anilines is 1. The fourth-order valence-electron chi connectivity index (χ4n) is 1.22. The Balaban J connectivity index is 2.67. The maximum atomic E-state index is 11.5. The quantitative estimate of drug-likeness (QED) is 0.673. The normalized spacial score (nSPS) is 11.7. The van der Waals surface area contributed by atoms with E-state index in [1.807, 2.05) is 13.0 Å². The number of carboxylic acid groups (broad SMARTS) is 1. The van der Waals surface area contributed by atoms with Crippen LogP contribution in [-0.2, 0) is 4.79 Å². The van der Waals surface area contributed by atoms with Crippen LogP contribution < -0.4 is 10.6 Å². The molecule has 0 aliphatic rings. The Morgan fingerprint density at radius 3 is 2.61 bits per heavy atom. The van der Waals surface area contributed by atoms with Crippen molar-refractivity contribution < 1.29 is 19.8 Å². The molecular formula is C11H13BrN2O4. The first-order chi connectivity index (χ1) is 8.43. The van der Waals surface area contributed by atoms with Crippen molar-refractivity contribution in [2.75, 3.05) is 11.9 Å². The molecule has 98 valence electrons. The average Bonchev–Trinajstić information content (AvgIpc) is 2.29. The minimum atomic E-state index is -1.32. The van der Waals surface area contributed by atoms with Crippen molar-refractivity contribution in [3.05, 3.63) is 28.2 Å². The molecule has 0 heterocycles. The number of urea groups is 1. The molecule has 0 saturated carbocycles. The van der Waals surface area contributed by atoms with Gasteiger partial charge in [0.2, 0.25) is 0 Å². The molecule has 7 heteroatoms. The summed E-state index contributed by atoms with van der Waals surface area (Å²) in [6, 6.07) is 3.29. The van der Waals surface area contributed by atoms with E-state index in [1.54, 1.807) is 12.1 Å². The number of carbonyl (C=O) groups is 2. The lowest BCUT2D eigenvalue weighted by Crippen LogP contribution is -2.45. The average molecular weight is 317 g/mol. The molecule has 6 nitrogen and oxygen atoms in total. The summed E-state index contributed by atoms with van der Waals surface area (Å²) in [7, 11) is 0. The first-order valence-electron chi connectivity index (χ1n) is 5.11. The molecule has 1 atom stereocenters. The van der Waals surface area contributed by atoms with E-state index in [9.17, 15) is 9.59 Å². The van der Waals surface area contributed by atoms with Gasteiger partial charge in [-0.25, -0.2) is 9.59 Å². The highest BCUT2D eigenvalue weighted by Crippen LogP contribution is 2.23.